The summed E-state index contributed by atoms with van der Waals surface area (Å²) in [5.41, 5.74) is 1.64. The molecule has 1 atom stereocenters. The van der Waals surface area contributed by atoms with E-state index in [0.717, 1.165) is 30.8 Å². The van der Waals surface area contributed by atoms with Gasteiger partial charge in [-0.2, -0.15) is 5.10 Å². The summed E-state index contributed by atoms with van der Waals surface area (Å²) < 4.78 is 1.80. The van der Waals surface area contributed by atoms with Crippen LogP contribution in [0.3, 0.4) is 0 Å². The van der Waals surface area contributed by atoms with Crippen LogP contribution in [0.15, 0.2) is 6.07 Å². The van der Waals surface area contributed by atoms with Gasteiger partial charge in [-0.1, -0.05) is 0 Å². The second-order valence-electron chi connectivity index (χ2n) is 4.86. The Hall–Kier alpha value is -1.16. The largest absolute Gasteiger partial charge is 0.305 e. The quantitative estimate of drug-likeness (QED) is 0.827. The first-order chi connectivity index (χ1) is 7.51. The Morgan fingerprint density at radius 3 is 2.94 bits per heavy atom. The fraction of sp³-hybridized carbons (Fsp3) is 0.667. The Labute approximate surface area is 96.0 Å². The summed E-state index contributed by atoms with van der Waals surface area (Å²) in [5, 5.41) is 7.56. The lowest BCUT2D eigenvalue weighted by Gasteiger charge is -2.22. The van der Waals surface area contributed by atoms with Crippen LogP contribution in [-0.4, -0.2) is 27.6 Å². The highest BCUT2D eigenvalue weighted by molar-refractivity contribution is 5.89. The van der Waals surface area contributed by atoms with Gasteiger partial charge in [0.15, 0.2) is 5.78 Å². The topological polar surface area (TPSA) is 46.9 Å². The first kappa shape index (κ1) is 11.3. The third-order valence-electron chi connectivity index (χ3n) is 3.42. The molecular weight excluding hydrogens is 202 g/mol. The molecule has 0 spiro atoms. The maximum Gasteiger partial charge on any atom is 0.158 e. The van der Waals surface area contributed by atoms with Crippen molar-refractivity contribution in [3.63, 3.8) is 0 Å². The van der Waals surface area contributed by atoms with Crippen LogP contribution < -0.4 is 5.32 Å². The molecule has 1 aromatic heterocycles. The van der Waals surface area contributed by atoms with E-state index in [1.54, 1.807) is 4.68 Å². The van der Waals surface area contributed by atoms with Crippen molar-refractivity contribution in [2.75, 3.05) is 6.54 Å². The van der Waals surface area contributed by atoms with Crippen LogP contribution >= 0.6 is 0 Å². The van der Waals surface area contributed by atoms with Crippen LogP contribution in [0, 0.1) is 6.92 Å². The number of aromatic nitrogens is 2. The van der Waals surface area contributed by atoms with Gasteiger partial charge in [0.1, 0.15) is 0 Å². The van der Waals surface area contributed by atoms with Gasteiger partial charge >= 0.3 is 0 Å². The Morgan fingerprint density at radius 1 is 1.69 bits per heavy atom. The third kappa shape index (κ3) is 2.02. The lowest BCUT2D eigenvalue weighted by molar-refractivity contribution is -0.123. The zero-order valence-corrected chi connectivity index (χ0v) is 10.2. The van der Waals surface area contributed by atoms with Crippen LogP contribution in [0.4, 0.5) is 0 Å². The summed E-state index contributed by atoms with van der Waals surface area (Å²) in [6.45, 7) is 4.90. The monoisotopic (exact) mass is 221 g/mol. The molecule has 1 N–H and O–H groups in total. The number of rotatable bonds is 3. The van der Waals surface area contributed by atoms with Gasteiger partial charge in [-0.3, -0.25) is 9.48 Å². The molecule has 88 valence electrons. The fourth-order valence-electron chi connectivity index (χ4n) is 2.32. The van der Waals surface area contributed by atoms with Crippen LogP contribution in [0.2, 0.25) is 0 Å². The predicted octanol–water partition coefficient (Wildman–Crippen LogP) is 0.982. The maximum absolute atomic E-state index is 12.2. The summed E-state index contributed by atoms with van der Waals surface area (Å²) in [6.07, 6.45) is 2.51. The van der Waals surface area contributed by atoms with E-state index in [4.69, 9.17) is 0 Å². The predicted molar refractivity (Wildman–Crippen MR) is 62.3 cm³/mol. The van der Waals surface area contributed by atoms with Gasteiger partial charge in [0.25, 0.3) is 0 Å². The minimum absolute atomic E-state index is 0.271. The van der Waals surface area contributed by atoms with E-state index in [2.05, 4.69) is 10.4 Å². The van der Waals surface area contributed by atoms with Crippen molar-refractivity contribution < 1.29 is 4.79 Å². The normalized spacial score (nSPS) is 24.9. The molecule has 1 aromatic rings. The minimum Gasteiger partial charge on any atom is -0.305 e. The van der Waals surface area contributed by atoms with Crippen LogP contribution in [0.5, 0.6) is 0 Å². The molecule has 4 heteroatoms. The van der Waals surface area contributed by atoms with Gasteiger partial charge in [-0.15, -0.1) is 0 Å². The number of hydrogen-bond acceptors (Lipinski definition) is 3. The molecule has 0 amide bonds. The van der Waals surface area contributed by atoms with Crippen molar-refractivity contribution in [1.82, 2.24) is 15.1 Å². The molecule has 1 saturated heterocycles. The Bertz CT molecular complexity index is 402. The summed E-state index contributed by atoms with van der Waals surface area (Å²) in [4.78, 5) is 12.2. The van der Waals surface area contributed by atoms with Gasteiger partial charge in [0, 0.05) is 12.7 Å². The van der Waals surface area contributed by atoms with Crippen LogP contribution in [0.25, 0.3) is 0 Å². The third-order valence-corrected chi connectivity index (χ3v) is 3.42. The van der Waals surface area contributed by atoms with Gasteiger partial charge in [-0.25, -0.2) is 0 Å². The zero-order valence-electron chi connectivity index (χ0n) is 10.2. The molecule has 0 aromatic carbocycles. The molecule has 1 aliphatic rings. The van der Waals surface area contributed by atoms with Crippen molar-refractivity contribution in [3.8, 4) is 0 Å². The summed E-state index contributed by atoms with van der Waals surface area (Å²) in [7, 11) is 1.89. The molecule has 0 aliphatic carbocycles. The summed E-state index contributed by atoms with van der Waals surface area (Å²) >= 11 is 0. The van der Waals surface area contributed by atoms with Gasteiger partial charge in [0.05, 0.1) is 17.7 Å². The highest BCUT2D eigenvalue weighted by atomic mass is 16.1. The molecule has 4 nitrogen and oxygen atoms in total. The number of nitrogens with one attached hydrogen (secondary N) is 1. The number of aryl methyl sites for hydroxylation is 2. The second kappa shape index (κ2) is 4.01. The van der Waals surface area contributed by atoms with E-state index in [9.17, 15) is 4.79 Å². The Balaban J connectivity index is 2.10. The van der Waals surface area contributed by atoms with Crippen molar-refractivity contribution >= 4 is 5.78 Å². The summed E-state index contributed by atoms with van der Waals surface area (Å²) in [5.74, 6) is 0.271. The molecule has 16 heavy (non-hydrogen) atoms. The average Bonchev–Trinajstić information content (AvgIpc) is 2.75. The molecule has 2 rings (SSSR count). The van der Waals surface area contributed by atoms with Crippen molar-refractivity contribution in [1.29, 1.82) is 0 Å². The van der Waals surface area contributed by atoms with Gasteiger partial charge in [-0.05, 0) is 39.3 Å². The molecule has 0 saturated carbocycles. The SMILES string of the molecule is Cc1cc(CC(=O)C2(C)CCCN2)n(C)n1. The molecule has 1 unspecified atom stereocenters. The van der Waals surface area contributed by atoms with Crippen LogP contribution in [0.1, 0.15) is 31.2 Å². The second-order valence-corrected chi connectivity index (χ2v) is 4.86. The molecule has 2 heterocycles. The first-order valence-corrected chi connectivity index (χ1v) is 5.79. The maximum atomic E-state index is 12.2. The zero-order chi connectivity index (χ0) is 11.8. The van der Waals surface area contributed by atoms with Crippen molar-refractivity contribution in [2.24, 2.45) is 7.05 Å². The number of carbonyl (C=O) groups is 1. The fourth-order valence-corrected chi connectivity index (χ4v) is 2.32. The van der Waals surface area contributed by atoms with E-state index in [1.807, 2.05) is 27.0 Å². The molecular formula is C12H19N3O. The van der Waals surface area contributed by atoms with Crippen molar-refractivity contribution in [2.45, 2.75) is 38.6 Å². The Morgan fingerprint density at radius 2 is 2.44 bits per heavy atom. The lowest BCUT2D eigenvalue weighted by atomic mass is 9.91. The summed E-state index contributed by atoms with van der Waals surface area (Å²) in [6, 6.07) is 1.98. The van der Waals surface area contributed by atoms with Gasteiger partial charge in [0.2, 0.25) is 0 Å². The van der Waals surface area contributed by atoms with E-state index >= 15 is 0 Å². The van der Waals surface area contributed by atoms with Gasteiger partial charge < -0.3 is 5.32 Å². The number of ketones is 1. The number of nitrogens with zero attached hydrogens (tertiary/aromatic N) is 2. The number of carbonyl (C=O) groups excluding carboxylic acids is 1. The van der Waals surface area contributed by atoms with E-state index in [-0.39, 0.29) is 11.3 Å². The number of Topliss-reactive ketones (excluding diaryl/α,β-unsaturated/α-hetero) is 1. The highest BCUT2D eigenvalue weighted by Crippen LogP contribution is 2.21. The minimum atomic E-state index is -0.321. The Kier molecular flexibility index (Phi) is 2.84. The molecule has 1 fully saturated rings. The van der Waals surface area contributed by atoms with E-state index < -0.39 is 0 Å². The van der Waals surface area contributed by atoms with E-state index in [1.165, 1.54) is 0 Å². The number of hydrogen-bond donors (Lipinski definition) is 1. The standard InChI is InChI=1S/C12H19N3O/c1-9-7-10(15(3)14-9)8-11(16)12(2)5-4-6-13-12/h7,13H,4-6,8H2,1-3H3. The highest BCUT2D eigenvalue weighted by Gasteiger charge is 2.35. The average molecular weight is 221 g/mol. The van der Waals surface area contributed by atoms with Crippen molar-refractivity contribution in [3.05, 3.63) is 17.5 Å². The lowest BCUT2D eigenvalue weighted by Crippen LogP contribution is -2.45. The first-order valence-electron chi connectivity index (χ1n) is 5.79. The molecule has 0 bridgehead atoms. The van der Waals surface area contributed by atoms with E-state index in [0.29, 0.717) is 6.42 Å². The molecule has 0 radical (unpaired) electrons. The molecule has 1 aliphatic heterocycles. The smallest absolute Gasteiger partial charge is 0.158 e. The van der Waals surface area contributed by atoms with Crippen LogP contribution in [-0.2, 0) is 18.3 Å².